The van der Waals surface area contributed by atoms with Crippen LogP contribution in [-0.4, -0.2) is 20.6 Å². The van der Waals surface area contributed by atoms with Gasteiger partial charge in [-0.1, -0.05) is 12.1 Å². The molecule has 0 aliphatic carbocycles. The molecule has 3 rings (SSSR count). The van der Waals surface area contributed by atoms with Gasteiger partial charge < -0.3 is 4.57 Å². The van der Waals surface area contributed by atoms with Crippen LogP contribution in [0.2, 0.25) is 0 Å². The highest BCUT2D eigenvalue weighted by Crippen LogP contribution is 2.18. The lowest BCUT2D eigenvalue weighted by Gasteiger charge is -2.03. The summed E-state index contributed by atoms with van der Waals surface area (Å²) in [5, 5.41) is 5.42. The van der Waals surface area contributed by atoms with Crippen molar-refractivity contribution in [2.75, 3.05) is 0 Å². The van der Waals surface area contributed by atoms with E-state index in [1.54, 1.807) is 0 Å². The van der Waals surface area contributed by atoms with Crippen LogP contribution in [-0.2, 0) is 13.1 Å². The van der Waals surface area contributed by atoms with Crippen LogP contribution >= 0.6 is 0 Å². The summed E-state index contributed by atoms with van der Waals surface area (Å²) < 4.78 is 4.05. The van der Waals surface area contributed by atoms with Crippen LogP contribution in [0.1, 0.15) is 22.8 Å². The van der Waals surface area contributed by atoms with Crippen molar-refractivity contribution in [1.29, 1.82) is 0 Å². The zero-order valence-corrected chi connectivity index (χ0v) is 10.8. The third kappa shape index (κ3) is 2.17. The molecule has 0 N–H and O–H groups in total. The summed E-state index contributed by atoms with van der Waals surface area (Å²) in [7, 11) is 0. The molecule has 0 amide bonds. The van der Waals surface area contributed by atoms with E-state index in [0.717, 1.165) is 35.8 Å². The Balaban J connectivity index is 1.97. The van der Waals surface area contributed by atoms with E-state index in [1.807, 2.05) is 35.3 Å². The normalized spacial score (nSPS) is 11.0. The van der Waals surface area contributed by atoms with Gasteiger partial charge in [-0.2, -0.15) is 5.10 Å². The summed E-state index contributed by atoms with van der Waals surface area (Å²) in [5.41, 5.74) is 2.95. The smallest absolute Gasteiger partial charge is 0.150 e. The number of carbonyl (C=O) groups excluding carboxylic acids is 1. The molecular formula is C15H15N3O. The lowest BCUT2D eigenvalue weighted by Crippen LogP contribution is -1.97. The van der Waals surface area contributed by atoms with E-state index in [9.17, 15) is 4.79 Å². The van der Waals surface area contributed by atoms with Crippen LogP contribution in [0.4, 0.5) is 0 Å². The fraction of sp³-hybridized carbons (Fsp3) is 0.200. The van der Waals surface area contributed by atoms with E-state index in [0.29, 0.717) is 5.56 Å². The largest absolute Gasteiger partial charge is 0.343 e. The van der Waals surface area contributed by atoms with Gasteiger partial charge in [0.05, 0.1) is 12.7 Å². The fourth-order valence-electron chi connectivity index (χ4n) is 2.27. The standard InChI is InChI=1S/C15H15N3O/c1-2-18-10-13(8-16-18)9-17-6-5-14-4-3-12(11-19)7-15(14)17/h3-8,10-11H,2,9H2,1H3. The molecular weight excluding hydrogens is 238 g/mol. The first kappa shape index (κ1) is 11.7. The minimum absolute atomic E-state index is 0.705. The number of nitrogens with zero attached hydrogens (tertiary/aromatic N) is 3. The first-order valence-electron chi connectivity index (χ1n) is 6.35. The molecule has 4 heteroatoms. The Kier molecular flexibility index (Phi) is 2.91. The molecule has 0 bridgehead atoms. The number of aryl methyl sites for hydroxylation is 1. The average molecular weight is 253 g/mol. The van der Waals surface area contributed by atoms with Gasteiger partial charge in [0.1, 0.15) is 6.29 Å². The molecule has 0 spiro atoms. The minimum atomic E-state index is 0.705. The van der Waals surface area contributed by atoms with Crippen molar-refractivity contribution >= 4 is 17.2 Å². The van der Waals surface area contributed by atoms with Crippen molar-refractivity contribution in [2.24, 2.45) is 0 Å². The molecule has 2 heterocycles. The van der Waals surface area contributed by atoms with Gasteiger partial charge in [-0.25, -0.2) is 0 Å². The maximum absolute atomic E-state index is 10.9. The van der Waals surface area contributed by atoms with Gasteiger partial charge in [-0.05, 0) is 24.4 Å². The molecule has 0 fully saturated rings. The summed E-state index contributed by atoms with van der Waals surface area (Å²) in [6.07, 6.45) is 6.86. The van der Waals surface area contributed by atoms with Gasteiger partial charge in [-0.15, -0.1) is 0 Å². The molecule has 2 aromatic heterocycles. The maximum Gasteiger partial charge on any atom is 0.150 e. The van der Waals surface area contributed by atoms with E-state index in [2.05, 4.69) is 28.9 Å². The molecule has 0 aliphatic heterocycles. The molecule has 0 atom stereocenters. The molecule has 0 saturated heterocycles. The van der Waals surface area contributed by atoms with Crippen molar-refractivity contribution in [3.8, 4) is 0 Å². The second kappa shape index (κ2) is 4.72. The topological polar surface area (TPSA) is 39.8 Å². The van der Waals surface area contributed by atoms with Gasteiger partial charge in [0.25, 0.3) is 0 Å². The second-order valence-electron chi connectivity index (χ2n) is 4.58. The fourth-order valence-corrected chi connectivity index (χ4v) is 2.27. The van der Waals surface area contributed by atoms with Crippen LogP contribution < -0.4 is 0 Å². The Morgan fingerprint density at radius 1 is 1.32 bits per heavy atom. The maximum atomic E-state index is 10.9. The zero-order chi connectivity index (χ0) is 13.2. The number of aldehydes is 1. The number of benzene rings is 1. The zero-order valence-electron chi connectivity index (χ0n) is 10.8. The highest BCUT2D eigenvalue weighted by Gasteiger charge is 2.04. The predicted octanol–water partition coefficient (Wildman–Crippen LogP) is 2.72. The number of fused-ring (bicyclic) bond motifs is 1. The van der Waals surface area contributed by atoms with E-state index in [4.69, 9.17) is 0 Å². The van der Waals surface area contributed by atoms with Crippen molar-refractivity contribution in [3.05, 3.63) is 54.0 Å². The highest BCUT2D eigenvalue weighted by atomic mass is 16.1. The Morgan fingerprint density at radius 3 is 2.95 bits per heavy atom. The minimum Gasteiger partial charge on any atom is -0.343 e. The lowest BCUT2D eigenvalue weighted by molar-refractivity contribution is 0.112. The van der Waals surface area contributed by atoms with Crippen LogP contribution in [0.5, 0.6) is 0 Å². The van der Waals surface area contributed by atoms with Crippen molar-refractivity contribution < 1.29 is 4.79 Å². The summed E-state index contributed by atoms with van der Waals surface area (Å²) in [6.45, 7) is 3.71. The van der Waals surface area contributed by atoms with Crippen molar-refractivity contribution in [3.63, 3.8) is 0 Å². The number of hydrogen-bond donors (Lipinski definition) is 0. The lowest BCUT2D eigenvalue weighted by atomic mass is 10.2. The number of hydrogen-bond acceptors (Lipinski definition) is 2. The van der Waals surface area contributed by atoms with Gasteiger partial charge in [0.2, 0.25) is 0 Å². The van der Waals surface area contributed by atoms with Crippen molar-refractivity contribution in [2.45, 2.75) is 20.0 Å². The summed E-state index contributed by atoms with van der Waals surface area (Å²) in [5.74, 6) is 0. The molecule has 4 nitrogen and oxygen atoms in total. The van der Waals surface area contributed by atoms with E-state index >= 15 is 0 Å². The Hall–Kier alpha value is -2.36. The molecule has 0 aliphatic rings. The molecule has 96 valence electrons. The SMILES string of the molecule is CCn1cc(Cn2ccc3ccc(C=O)cc32)cn1. The van der Waals surface area contributed by atoms with Gasteiger partial charge in [0.15, 0.2) is 0 Å². The quantitative estimate of drug-likeness (QED) is 0.671. The highest BCUT2D eigenvalue weighted by molar-refractivity contribution is 5.87. The van der Waals surface area contributed by atoms with Crippen molar-refractivity contribution in [1.82, 2.24) is 14.3 Å². The summed E-state index contributed by atoms with van der Waals surface area (Å²) in [6, 6.07) is 7.81. The Morgan fingerprint density at radius 2 is 2.21 bits per heavy atom. The third-order valence-electron chi connectivity index (χ3n) is 3.30. The third-order valence-corrected chi connectivity index (χ3v) is 3.30. The Bertz CT molecular complexity index is 724. The molecule has 0 radical (unpaired) electrons. The van der Waals surface area contributed by atoms with Crippen LogP contribution in [0, 0.1) is 0 Å². The average Bonchev–Trinajstić information content (AvgIpc) is 3.06. The monoisotopic (exact) mass is 253 g/mol. The van der Waals surface area contributed by atoms with Crippen LogP contribution in [0.25, 0.3) is 10.9 Å². The molecule has 19 heavy (non-hydrogen) atoms. The molecule has 0 unspecified atom stereocenters. The van der Waals surface area contributed by atoms with Gasteiger partial charge in [0, 0.05) is 35.6 Å². The number of rotatable bonds is 4. The van der Waals surface area contributed by atoms with E-state index in [-0.39, 0.29) is 0 Å². The van der Waals surface area contributed by atoms with Gasteiger partial charge in [-0.3, -0.25) is 9.48 Å². The van der Waals surface area contributed by atoms with Gasteiger partial charge >= 0.3 is 0 Å². The van der Waals surface area contributed by atoms with E-state index in [1.165, 1.54) is 0 Å². The number of carbonyl (C=O) groups is 1. The van der Waals surface area contributed by atoms with Crippen LogP contribution in [0.3, 0.4) is 0 Å². The first-order valence-corrected chi connectivity index (χ1v) is 6.35. The first-order chi connectivity index (χ1) is 9.30. The Labute approximate surface area is 111 Å². The molecule has 1 aromatic carbocycles. The van der Waals surface area contributed by atoms with Crippen LogP contribution in [0.15, 0.2) is 42.9 Å². The summed E-state index contributed by atoms with van der Waals surface area (Å²) in [4.78, 5) is 10.9. The van der Waals surface area contributed by atoms with E-state index < -0.39 is 0 Å². The summed E-state index contributed by atoms with van der Waals surface area (Å²) >= 11 is 0. The number of aromatic nitrogens is 3. The molecule has 0 saturated carbocycles. The second-order valence-corrected chi connectivity index (χ2v) is 4.58. The predicted molar refractivity (Wildman–Crippen MR) is 74.3 cm³/mol. The molecule has 3 aromatic rings.